The van der Waals surface area contributed by atoms with Gasteiger partial charge in [-0.3, -0.25) is 4.79 Å². The van der Waals surface area contributed by atoms with E-state index in [4.69, 9.17) is 11.6 Å². The molecule has 0 N–H and O–H groups in total. The number of halogens is 1. The van der Waals surface area contributed by atoms with Gasteiger partial charge in [0, 0.05) is 0 Å². The number of carbonyl (C=O) groups excluding carboxylic acids is 1. The summed E-state index contributed by atoms with van der Waals surface area (Å²) in [5, 5.41) is -0.418. The van der Waals surface area contributed by atoms with Crippen molar-refractivity contribution in [3.63, 3.8) is 0 Å². The average molecular weight is 145 g/mol. The summed E-state index contributed by atoms with van der Waals surface area (Å²) in [7, 11) is 0. The SMILES string of the molecule is C=CCCC=CC(=O)Cl. The minimum atomic E-state index is -0.418. The zero-order chi connectivity index (χ0) is 7.11. The van der Waals surface area contributed by atoms with E-state index in [1.165, 1.54) is 6.08 Å². The van der Waals surface area contributed by atoms with E-state index in [1.54, 1.807) is 12.2 Å². The van der Waals surface area contributed by atoms with Crippen LogP contribution in [0.5, 0.6) is 0 Å². The van der Waals surface area contributed by atoms with Crippen LogP contribution >= 0.6 is 11.6 Å². The van der Waals surface area contributed by atoms with Crippen molar-refractivity contribution in [3.8, 4) is 0 Å². The molecule has 0 heterocycles. The van der Waals surface area contributed by atoms with Crippen molar-refractivity contribution in [3.05, 3.63) is 24.8 Å². The summed E-state index contributed by atoms with van der Waals surface area (Å²) >= 11 is 5.01. The molecule has 0 aliphatic carbocycles. The van der Waals surface area contributed by atoms with Gasteiger partial charge in [-0.1, -0.05) is 12.2 Å². The summed E-state index contributed by atoms with van der Waals surface area (Å²) in [5.41, 5.74) is 0. The molecule has 0 atom stereocenters. The van der Waals surface area contributed by atoms with Gasteiger partial charge in [0.25, 0.3) is 0 Å². The van der Waals surface area contributed by atoms with Crippen molar-refractivity contribution in [2.24, 2.45) is 0 Å². The summed E-state index contributed by atoms with van der Waals surface area (Å²) in [5.74, 6) is 0. The highest BCUT2D eigenvalue weighted by atomic mass is 35.5. The van der Waals surface area contributed by atoms with Gasteiger partial charge in [0.2, 0.25) is 5.24 Å². The fourth-order valence-electron chi connectivity index (χ4n) is 0.390. The van der Waals surface area contributed by atoms with Crippen molar-refractivity contribution in [1.82, 2.24) is 0 Å². The molecule has 0 saturated carbocycles. The smallest absolute Gasteiger partial charge is 0.244 e. The molecule has 0 aliphatic rings. The maximum Gasteiger partial charge on any atom is 0.244 e. The van der Waals surface area contributed by atoms with Crippen LogP contribution in [0.25, 0.3) is 0 Å². The number of allylic oxidation sites excluding steroid dienone is 3. The zero-order valence-electron chi connectivity index (χ0n) is 5.14. The number of hydrogen-bond donors (Lipinski definition) is 0. The maximum absolute atomic E-state index is 10.1. The lowest BCUT2D eigenvalue weighted by molar-refractivity contribution is -0.107. The fourth-order valence-corrected chi connectivity index (χ4v) is 0.479. The van der Waals surface area contributed by atoms with E-state index in [9.17, 15) is 4.79 Å². The highest BCUT2D eigenvalue weighted by Crippen LogP contribution is 1.92. The summed E-state index contributed by atoms with van der Waals surface area (Å²) in [6.07, 6.45) is 6.60. The van der Waals surface area contributed by atoms with Gasteiger partial charge in [-0.2, -0.15) is 0 Å². The van der Waals surface area contributed by atoms with Crippen molar-refractivity contribution < 1.29 is 4.79 Å². The first-order valence-corrected chi connectivity index (χ1v) is 3.12. The summed E-state index contributed by atoms with van der Waals surface area (Å²) in [6.45, 7) is 3.53. The molecule has 0 fully saturated rings. The van der Waals surface area contributed by atoms with Crippen molar-refractivity contribution in [2.75, 3.05) is 0 Å². The second-order valence-electron chi connectivity index (χ2n) is 1.57. The first-order valence-electron chi connectivity index (χ1n) is 2.74. The lowest BCUT2D eigenvalue weighted by Gasteiger charge is -1.80. The van der Waals surface area contributed by atoms with Gasteiger partial charge in [0.15, 0.2) is 0 Å². The Balaban J connectivity index is 3.24. The molecule has 0 aromatic carbocycles. The number of unbranched alkanes of at least 4 members (excludes halogenated alkanes) is 1. The van der Waals surface area contributed by atoms with Gasteiger partial charge in [-0.15, -0.1) is 6.58 Å². The lowest BCUT2D eigenvalue weighted by atomic mass is 10.3. The molecule has 0 spiro atoms. The quantitative estimate of drug-likeness (QED) is 0.256. The fraction of sp³-hybridized carbons (Fsp3) is 0.286. The minimum Gasteiger partial charge on any atom is -0.276 e. The minimum absolute atomic E-state index is 0.418. The predicted molar refractivity (Wildman–Crippen MR) is 39.4 cm³/mol. The first kappa shape index (κ1) is 8.44. The van der Waals surface area contributed by atoms with Crippen LogP contribution in [-0.4, -0.2) is 5.24 Å². The number of carbonyl (C=O) groups is 1. The molecule has 0 aromatic rings. The summed E-state index contributed by atoms with van der Waals surface area (Å²) in [6, 6.07) is 0. The Labute approximate surface area is 60.0 Å². The van der Waals surface area contributed by atoms with Crippen molar-refractivity contribution in [2.45, 2.75) is 12.8 Å². The van der Waals surface area contributed by atoms with Crippen LogP contribution in [0.15, 0.2) is 24.8 Å². The monoisotopic (exact) mass is 144 g/mol. The highest BCUT2D eigenvalue weighted by molar-refractivity contribution is 6.66. The highest BCUT2D eigenvalue weighted by Gasteiger charge is 1.81. The van der Waals surface area contributed by atoms with Gasteiger partial charge in [0.05, 0.1) is 0 Å². The molecular formula is C7H9ClO. The Morgan fingerprint density at radius 1 is 1.56 bits per heavy atom. The average Bonchev–Trinajstić information content (AvgIpc) is 1.80. The van der Waals surface area contributed by atoms with E-state index in [0.29, 0.717) is 0 Å². The Kier molecular flexibility index (Phi) is 5.23. The van der Waals surface area contributed by atoms with E-state index in [1.807, 2.05) is 0 Å². The van der Waals surface area contributed by atoms with E-state index in [2.05, 4.69) is 6.58 Å². The van der Waals surface area contributed by atoms with Gasteiger partial charge in [0.1, 0.15) is 0 Å². The molecule has 0 aliphatic heterocycles. The largest absolute Gasteiger partial charge is 0.276 e. The molecule has 0 unspecified atom stereocenters. The van der Waals surface area contributed by atoms with Crippen LogP contribution < -0.4 is 0 Å². The molecule has 0 bridgehead atoms. The molecule has 50 valence electrons. The second kappa shape index (κ2) is 5.57. The molecule has 0 rings (SSSR count). The molecule has 0 saturated heterocycles. The van der Waals surface area contributed by atoms with Crippen LogP contribution in [0.3, 0.4) is 0 Å². The number of hydrogen-bond acceptors (Lipinski definition) is 1. The lowest BCUT2D eigenvalue weighted by Crippen LogP contribution is -1.73. The first-order chi connectivity index (χ1) is 4.27. The van der Waals surface area contributed by atoms with Gasteiger partial charge >= 0.3 is 0 Å². The molecule has 0 radical (unpaired) electrons. The second-order valence-corrected chi connectivity index (χ2v) is 1.95. The van der Waals surface area contributed by atoms with Crippen LogP contribution in [0, 0.1) is 0 Å². The van der Waals surface area contributed by atoms with Crippen LogP contribution in [0.2, 0.25) is 0 Å². The normalized spacial score (nSPS) is 9.89. The van der Waals surface area contributed by atoms with Crippen molar-refractivity contribution in [1.29, 1.82) is 0 Å². The van der Waals surface area contributed by atoms with E-state index in [0.717, 1.165) is 12.8 Å². The van der Waals surface area contributed by atoms with E-state index in [-0.39, 0.29) is 0 Å². The third-order valence-corrected chi connectivity index (χ3v) is 0.912. The third kappa shape index (κ3) is 7.44. The van der Waals surface area contributed by atoms with E-state index >= 15 is 0 Å². The van der Waals surface area contributed by atoms with Crippen LogP contribution in [0.1, 0.15) is 12.8 Å². The van der Waals surface area contributed by atoms with Gasteiger partial charge < -0.3 is 0 Å². The van der Waals surface area contributed by atoms with E-state index < -0.39 is 5.24 Å². The van der Waals surface area contributed by atoms with Gasteiger partial charge in [-0.25, -0.2) is 0 Å². The molecule has 0 amide bonds. The Hall–Kier alpha value is -0.560. The molecule has 1 nitrogen and oxygen atoms in total. The topological polar surface area (TPSA) is 17.1 Å². The number of rotatable bonds is 4. The molecule has 9 heavy (non-hydrogen) atoms. The maximum atomic E-state index is 10.1. The van der Waals surface area contributed by atoms with Gasteiger partial charge in [-0.05, 0) is 30.5 Å². The summed E-state index contributed by atoms with van der Waals surface area (Å²) < 4.78 is 0. The molecule has 2 heteroatoms. The van der Waals surface area contributed by atoms with Crippen molar-refractivity contribution >= 4 is 16.8 Å². The Morgan fingerprint density at radius 2 is 2.22 bits per heavy atom. The predicted octanol–water partition coefficient (Wildman–Crippen LogP) is 2.27. The third-order valence-electron chi connectivity index (χ3n) is 0.786. The Bertz CT molecular complexity index is 127. The standard InChI is InChI=1S/C7H9ClO/c1-2-3-4-5-6-7(8)9/h2,5-6H,1,3-4H2. The molecular weight excluding hydrogens is 136 g/mol. The molecule has 0 aromatic heterocycles. The van der Waals surface area contributed by atoms with Crippen LogP contribution in [0.4, 0.5) is 0 Å². The summed E-state index contributed by atoms with van der Waals surface area (Å²) in [4.78, 5) is 10.1. The van der Waals surface area contributed by atoms with Crippen LogP contribution in [-0.2, 0) is 4.79 Å². The Morgan fingerprint density at radius 3 is 2.67 bits per heavy atom. The zero-order valence-corrected chi connectivity index (χ0v) is 5.90.